The van der Waals surface area contributed by atoms with Gasteiger partial charge in [-0.15, -0.1) is 0 Å². The summed E-state index contributed by atoms with van der Waals surface area (Å²) in [6.45, 7) is 2.51. The smallest absolute Gasteiger partial charge is 0.224 e. The van der Waals surface area contributed by atoms with Gasteiger partial charge in [0, 0.05) is 32.0 Å². The maximum absolute atomic E-state index is 12.1. The van der Waals surface area contributed by atoms with Crippen molar-refractivity contribution in [2.45, 2.75) is 51.0 Å². The van der Waals surface area contributed by atoms with E-state index in [4.69, 9.17) is 12.2 Å². The van der Waals surface area contributed by atoms with E-state index in [0.717, 1.165) is 31.8 Å². The Bertz CT molecular complexity index is 511. The number of piperidine rings is 1. The molecule has 1 amide bonds. The summed E-state index contributed by atoms with van der Waals surface area (Å²) in [5, 5.41) is 7.14. The molecule has 19 heavy (non-hydrogen) atoms. The fraction of sp³-hybridized carbons (Fsp3) is 0.769. The van der Waals surface area contributed by atoms with E-state index >= 15 is 0 Å². The molecule has 1 saturated heterocycles. The summed E-state index contributed by atoms with van der Waals surface area (Å²) in [6, 6.07) is 0. The van der Waals surface area contributed by atoms with Gasteiger partial charge >= 0.3 is 0 Å². The van der Waals surface area contributed by atoms with Crippen LogP contribution in [-0.2, 0) is 11.3 Å². The molecule has 0 aromatic carbocycles. The van der Waals surface area contributed by atoms with Gasteiger partial charge in [-0.3, -0.25) is 9.89 Å². The first kappa shape index (κ1) is 12.8. The summed E-state index contributed by atoms with van der Waals surface area (Å²) >= 11 is 5.25. The van der Waals surface area contributed by atoms with Gasteiger partial charge in [0.25, 0.3) is 0 Å². The fourth-order valence-corrected chi connectivity index (χ4v) is 2.94. The van der Waals surface area contributed by atoms with Crippen LogP contribution in [0, 0.1) is 4.77 Å². The Hall–Kier alpha value is -1.17. The van der Waals surface area contributed by atoms with Crippen LogP contribution < -0.4 is 0 Å². The molecule has 2 heterocycles. The topological polar surface area (TPSA) is 53.9 Å². The van der Waals surface area contributed by atoms with Gasteiger partial charge in [0.15, 0.2) is 4.77 Å². The number of nitrogens with zero attached hydrogens (tertiary/aromatic N) is 3. The number of H-pyrrole nitrogens is 1. The third-order valence-corrected chi connectivity index (χ3v) is 4.30. The monoisotopic (exact) mass is 280 g/mol. The average Bonchev–Trinajstić information content (AvgIpc) is 3.22. The van der Waals surface area contributed by atoms with E-state index in [0.29, 0.717) is 23.7 Å². The molecule has 0 unspecified atom stereocenters. The number of carbonyl (C=O) groups excluding carboxylic acids is 1. The number of hydrogen-bond acceptors (Lipinski definition) is 3. The van der Waals surface area contributed by atoms with E-state index in [2.05, 4.69) is 10.2 Å². The molecule has 1 saturated carbocycles. The van der Waals surface area contributed by atoms with Gasteiger partial charge < -0.3 is 9.47 Å². The normalized spacial score (nSPS) is 19.7. The summed E-state index contributed by atoms with van der Waals surface area (Å²) in [4.78, 5) is 14.1. The van der Waals surface area contributed by atoms with Crippen LogP contribution in [0.5, 0.6) is 0 Å². The van der Waals surface area contributed by atoms with Crippen LogP contribution in [0.4, 0.5) is 0 Å². The summed E-state index contributed by atoms with van der Waals surface area (Å²) in [5.74, 6) is 1.85. The highest BCUT2D eigenvalue weighted by Gasteiger charge is 2.29. The summed E-state index contributed by atoms with van der Waals surface area (Å²) in [6.07, 6.45) is 6.46. The molecular formula is C13H20N4OS. The first-order valence-electron chi connectivity index (χ1n) is 7.18. The van der Waals surface area contributed by atoms with Gasteiger partial charge in [-0.25, -0.2) is 0 Å². The molecule has 2 aliphatic rings. The number of nitrogens with one attached hydrogen (secondary N) is 1. The number of aromatic amines is 1. The van der Waals surface area contributed by atoms with Crippen LogP contribution in [0.25, 0.3) is 0 Å². The van der Waals surface area contributed by atoms with Crippen molar-refractivity contribution in [3.05, 3.63) is 10.6 Å². The number of carbonyl (C=O) groups is 1. The maximum atomic E-state index is 12.1. The van der Waals surface area contributed by atoms with E-state index in [1.165, 1.54) is 19.3 Å². The molecule has 0 bridgehead atoms. The maximum Gasteiger partial charge on any atom is 0.224 e. The molecule has 0 atom stereocenters. The van der Waals surface area contributed by atoms with Crippen molar-refractivity contribution in [1.82, 2.24) is 19.7 Å². The molecule has 104 valence electrons. The average molecular weight is 280 g/mol. The van der Waals surface area contributed by atoms with Gasteiger partial charge in [0.05, 0.1) is 0 Å². The molecule has 1 aromatic heterocycles. The molecule has 3 rings (SSSR count). The van der Waals surface area contributed by atoms with E-state index in [1.807, 2.05) is 9.47 Å². The Kier molecular flexibility index (Phi) is 3.68. The summed E-state index contributed by atoms with van der Waals surface area (Å²) in [7, 11) is 0. The Morgan fingerprint density at radius 3 is 2.74 bits per heavy atom. The van der Waals surface area contributed by atoms with Crippen molar-refractivity contribution in [3.63, 3.8) is 0 Å². The van der Waals surface area contributed by atoms with Crippen LogP contribution in [0.1, 0.15) is 50.3 Å². The van der Waals surface area contributed by atoms with Crippen LogP contribution >= 0.6 is 12.2 Å². The first-order valence-corrected chi connectivity index (χ1v) is 7.59. The quantitative estimate of drug-likeness (QED) is 0.860. The van der Waals surface area contributed by atoms with E-state index in [-0.39, 0.29) is 5.91 Å². The lowest BCUT2D eigenvalue weighted by Gasteiger charge is -2.26. The van der Waals surface area contributed by atoms with Crippen molar-refractivity contribution >= 4 is 18.1 Å². The molecule has 1 N–H and O–H groups in total. The molecule has 2 fully saturated rings. The van der Waals surface area contributed by atoms with Gasteiger partial charge in [-0.2, -0.15) is 5.10 Å². The van der Waals surface area contributed by atoms with Crippen molar-refractivity contribution in [2.75, 3.05) is 13.1 Å². The number of likely N-dealkylation sites (tertiary alicyclic amines) is 1. The minimum absolute atomic E-state index is 0.254. The predicted octanol–water partition coefficient (Wildman–Crippen LogP) is 2.22. The third-order valence-electron chi connectivity index (χ3n) is 3.99. The van der Waals surface area contributed by atoms with Gasteiger partial charge in [-0.1, -0.05) is 0 Å². The first-order chi connectivity index (χ1) is 9.25. The Morgan fingerprint density at radius 1 is 1.32 bits per heavy atom. The Labute approximate surface area is 118 Å². The SMILES string of the molecule is O=C(CCn1c(C2CC2)n[nH]c1=S)N1CCCCC1. The predicted molar refractivity (Wildman–Crippen MR) is 74.4 cm³/mol. The fourth-order valence-electron chi connectivity index (χ4n) is 2.71. The molecule has 6 heteroatoms. The van der Waals surface area contributed by atoms with Crippen molar-refractivity contribution in [3.8, 4) is 0 Å². The minimum Gasteiger partial charge on any atom is -0.343 e. The molecule has 1 aromatic rings. The highest BCUT2D eigenvalue weighted by atomic mass is 32.1. The Balaban J connectivity index is 1.61. The molecule has 1 aliphatic heterocycles. The van der Waals surface area contributed by atoms with Gasteiger partial charge in [0.2, 0.25) is 5.91 Å². The number of amides is 1. The molecular weight excluding hydrogens is 260 g/mol. The van der Waals surface area contributed by atoms with Crippen LogP contribution in [-0.4, -0.2) is 38.7 Å². The second-order valence-electron chi connectivity index (χ2n) is 5.50. The standard InChI is InChI=1S/C13H20N4OS/c18-11(16-7-2-1-3-8-16)6-9-17-12(10-4-5-10)14-15-13(17)19/h10H,1-9H2,(H,15,19). The lowest BCUT2D eigenvalue weighted by molar-refractivity contribution is -0.132. The van der Waals surface area contributed by atoms with E-state index in [9.17, 15) is 4.79 Å². The minimum atomic E-state index is 0.254. The van der Waals surface area contributed by atoms with Crippen LogP contribution in [0.15, 0.2) is 0 Å². The van der Waals surface area contributed by atoms with Crippen molar-refractivity contribution in [2.24, 2.45) is 0 Å². The number of rotatable bonds is 4. The van der Waals surface area contributed by atoms with Gasteiger partial charge in [-0.05, 0) is 44.3 Å². The third kappa shape index (κ3) is 2.88. The summed E-state index contributed by atoms with van der Waals surface area (Å²) < 4.78 is 2.66. The highest BCUT2D eigenvalue weighted by molar-refractivity contribution is 7.71. The van der Waals surface area contributed by atoms with Gasteiger partial charge in [0.1, 0.15) is 5.82 Å². The van der Waals surface area contributed by atoms with Crippen LogP contribution in [0.2, 0.25) is 0 Å². The number of hydrogen-bond donors (Lipinski definition) is 1. The van der Waals surface area contributed by atoms with Crippen molar-refractivity contribution < 1.29 is 4.79 Å². The van der Waals surface area contributed by atoms with Crippen molar-refractivity contribution in [1.29, 1.82) is 0 Å². The lowest BCUT2D eigenvalue weighted by atomic mass is 10.1. The molecule has 1 aliphatic carbocycles. The largest absolute Gasteiger partial charge is 0.343 e. The second-order valence-corrected chi connectivity index (χ2v) is 5.89. The van der Waals surface area contributed by atoms with E-state index in [1.54, 1.807) is 0 Å². The Morgan fingerprint density at radius 2 is 2.05 bits per heavy atom. The lowest BCUT2D eigenvalue weighted by Crippen LogP contribution is -2.36. The van der Waals surface area contributed by atoms with E-state index < -0.39 is 0 Å². The number of aromatic nitrogens is 3. The zero-order valence-corrected chi connectivity index (χ0v) is 11.9. The summed E-state index contributed by atoms with van der Waals surface area (Å²) in [5.41, 5.74) is 0. The molecule has 0 spiro atoms. The van der Waals surface area contributed by atoms with Crippen LogP contribution in [0.3, 0.4) is 0 Å². The zero-order chi connectivity index (χ0) is 13.2. The molecule has 5 nitrogen and oxygen atoms in total. The zero-order valence-electron chi connectivity index (χ0n) is 11.1. The second kappa shape index (κ2) is 5.45. The highest BCUT2D eigenvalue weighted by Crippen LogP contribution is 2.38. The molecule has 0 radical (unpaired) electrons.